The average molecular weight is 322 g/mol. The maximum Gasteiger partial charge on any atom is 0.254 e. The summed E-state index contributed by atoms with van der Waals surface area (Å²) in [6, 6.07) is 6.15. The monoisotopic (exact) mass is 322 g/mol. The van der Waals surface area contributed by atoms with Crippen LogP contribution in [0.5, 0.6) is 0 Å². The van der Waals surface area contributed by atoms with E-state index in [0.29, 0.717) is 18.7 Å². The Kier molecular flexibility index (Phi) is 5.03. The Labute approximate surface area is 132 Å². The lowest BCUT2D eigenvalue weighted by molar-refractivity contribution is 0.0778. The standard InChI is InChI=1S/C16H22N2O3S/c1-4-18(11-12(2)3)16(19)13-5-9-15(10-6-13)22(20,21)17-14-7-8-14/h5-6,9-10,14,17H,2,4,7-8,11H2,1,3H3. The Morgan fingerprint density at radius 1 is 1.32 bits per heavy atom. The first-order valence-corrected chi connectivity index (χ1v) is 8.88. The Hall–Kier alpha value is -1.66. The zero-order valence-corrected chi connectivity index (χ0v) is 13.8. The van der Waals surface area contributed by atoms with Gasteiger partial charge < -0.3 is 4.90 Å². The first kappa shape index (κ1) is 16.7. The third kappa shape index (κ3) is 4.18. The van der Waals surface area contributed by atoms with E-state index in [-0.39, 0.29) is 16.8 Å². The summed E-state index contributed by atoms with van der Waals surface area (Å²) in [6.45, 7) is 8.67. The summed E-state index contributed by atoms with van der Waals surface area (Å²) in [4.78, 5) is 14.2. The van der Waals surface area contributed by atoms with Gasteiger partial charge >= 0.3 is 0 Å². The maximum absolute atomic E-state index is 12.4. The van der Waals surface area contributed by atoms with Crippen LogP contribution in [0.2, 0.25) is 0 Å². The molecule has 22 heavy (non-hydrogen) atoms. The molecule has 2 rings (SSSR count). The molecule has 120 valence electrons. The van der Waals surface area contributed by atoms with E-state index in [2.05, 4.69) is 11.3 Å². The van der Waals surface area contributed by atoms with Crippen LogP contribution in [0, 0.1) is 0 Å². The normalized spacial score (nSPS) is 14.6. The van der Waals surface area contributed by atoms with Gasteiger partial charge in [-0.05, 0) is 51.0 Å². The lowest BCUT2D eigenvalue weighted by Gasteiger charge is -2.21. The van der Waals surface area contributed by atoms with Crippen molar-refractivity contribution < 1.29 is 13.2 Å². The number of sulfonamides is 1. The molecule has 0 heterocycles. The number of benzene rings is 1. The summed E-state index contributed by atoms with van der Waals surface area (Å²) >= 11 is 0. The SMILES string of the molecule is C=C(C)CN(CC)C(=O)c1ccc(S(=O)(=O)NC2CC2)cc1. The van der Waals surface area contributed by atoms with Gasteiger partial charge in [-0.15, -0.1) is 0 Å². The molecule has 0 aromatic heterocycles. The number of likely N-dealkylation sites (N-methyl/N-ethyl adjacent to an activating group) is 1. The van der Waals surface area contributed by atoms with Crippen molar-refractivity contribution in [1.82, 2.24) is 9.62 Å². The second-order valence-corrected chi connectivity index (χ2v) is 7.41. The van der Waals surface area contributed by atoms with E-state index in [1.807, 2.05) is 13.8 Å². The van der Waals surface area contributed by atoms with E-state index in [9.17, 15) is 13.2 Å². The summed E-state index contributed by atoms with van der Waals surface area (Å²) in [5.74, 6) is -0.121. The minimum atomic E-state index is -3.47. The fourth-order valence-electron chi connectivity index (χ4n) is 2.10. The molecule has 0 bridgehead atoms. The number of rotatable bonds is 7. The average Bonchev–Trinajstić information content (AvgIpc) is 3.27. The van der Waals surface area contributed by atoms with Crippen LogP contribution < -0.4 is 4.72 Å². The first-order chi connectivity index (χ1) is 10.3. The highest BCUT2D eigenvalue weighted by Gasteiger charge is 2.28. The van der Waals surface area contributed by atoms with E-state index in [1.165, 1.54) is 12.1 Å². The van der Waals surface area contributed by atoms with Gasteiger partial charge in [0.2, 0.25) is 10.0 Å². The van der Waals surface area contributed by atoms with E-state index < -0.39 is 10.0 Å². The number of nitrogens with zero attached hydrogens (tertiary/aromatic N) is 1. The van der Waals surface area contributed by atoms with Crippen LogP contribution in [-0.2, 0) is 10.0 Å². The van der Waals surface area contributed by atoms with E-state index in [0.717, 1.165) is 18.4 Å². The largest absolute Gasteiger partial charge is 0.335 e. The maximum atomic E-state index is 12.4. The summed E-state index contributed by atoms with van der Waals surface area (Å²) in [5.41, 5.74) is 1.39. The summed E-state index contributed by atoms with van der Waals surface area (Å²) < 4.78 is 26.8. The van der Waals surface area contributed by atoms with Crippen molar-refractivity contribution in [2.45, 2.75) is 37.6 Å². The van der Waals surface area contributed by atoms with Crippen molar-refractivity contribution in [1.29, 1.82) is 0 Å². The predicted molar refractivity (Wildman–Crippen MR) is 86.2 cm³/mol. The minimum Gasteiger partial charge on any atom is -0.335 e. The lowest BCUT2D eigenvalue weighted by atomic mass is 10.2. The van der Waals surface area contributed by atoms with Gasteiger partial charge in [-0.25, -0.2) is 13.1 Å². The fourth-order valence-corrected chi connectivity index (χ4v) is 3.41. The highest BCUT2D eigenvalue weighted by atomic mass is 32.2. The van der Waals surface area contributed by atoms with Gasteiger partial charge in [0.25, 0.3) is 5.91 Å². The van der Waals surface area contributed by atoms with Crippen molar-refractivity contribution in [2.75, 3.05) is 13.1 Å². The molecule has 0 radical (unpaired) electrons. The predicted octanol–water partition coefficient (Wildman–Crippen LogP) is 2.17. The first-order valence-electron chi connectivity index (χ1n) is 7.39. The Morgan fingerprint density at radius 3 is 2.36 bits per heavy atom. The van der Waals surface area contributed by atoms with Crippen molar-refractivity contribution >= 4 is 15.9 Å². The fraction of sp³-hybridized carbons (Fsp3) is 0.438. The van der Waals surface area contributed by atoms with Crippen molar-refractivity contribution in [3.63, 3.8) is 0 Å². The molecule has 5 nitrogen and oxygen atoms in total. The lowest BCUT2D eigenvalue weighted by Crippen LogP contribution is -2.32. The summed E-state index contributed by atoms with van der Waals surface area (Å²) in [5, 5.41) is 0. The molecule has 0 saturated heterocycles. The van der Waals surface area contributed by atoms with Crippen molar-refractivity contribution in [2.24, 2.45) is 0 Å². The van der Waals surface area contributed by atoms with Crippen LogP contribution in [0.1, 0.15) is 37.0 Å². The number of carbonyl (C=O) groups is 1. The van der Waals surface area contributed by atoms with Gasteiger partial charge in [-0.2, -0.15) is 0 Å². The number of amides is 1. The van der Waals surface area contributed by atoms with Crippen LogP contribution in [0.4, 0.5) is 0 Å². The molecule has 0 unspecified atom stereocenters. The molecule has 1 N–H and O–H groups in total. The molecule has 1 aromatic carbocycles. The van der Waals surface area contributed by atoms with Gasteiger partial charge in [0, 0.05) is 24.7 Å². The van der Waals surface area contributed by atoms with Crippen molar-refractivity contribution in [3.8, 4) is 0 Å². The van der Waals surface area contributed by atoms with Crippen LogP contribution >= 0.6 is 0 Å². The molecule has 1 aliphatic carbocycles. The van der Waals surface area contributed by atoms with Crippen LogP contribution in [-0.4, -0.2) is 38.4 Å². The molecular formula is C16H22N2O3S. The topological polar surface area (TPSA) is 66.5 Å². The molecule has 1 aliphatic rings. The zero-order chi connectivity index (χ0) is 16.3. The molecule has 1 saturated carbocycles. The van der Waals surface area contributed by atoms with E-state index >= 15 is 0 Å². The second kappa shape index (κ2) is 6.62. The molecule has 1 aromatic rings. The highest BCUT2D eigenvalue weighted by Crippen LogP contribution is 2.22. The number of hydrogen-bond acceptors (Lipinski definition) is 3. The quantitative estimate of drug-likeness (QED) is 0.782. The molecule has 1 fully saturated rings. The molecule has 6 heteroatoms. The smallest absolute Gasteiger partial charge is 0.254 e. The van der Waals surface area contributed by atoms with Crippen LogP contribution in [0.15, 0.2) is 41.3 Å². The summed E-state index contributed by atoms with van der Waals surface area (Å²) in [6.07, 6.45) is 1.78. The molecule has 0 atom stereocenters. The molecule has 1 amide bonds. The molecule has 0 aliphatic heterocycles. The Balaban J connectivity index is 2.13. The molecule has 0 spiro atoms. The Morgan fingerprint density at radius 2 is 1.91 bits per heavy atom. The van der Waals surface area contributed by atoms with E-state index in [1.54, 1.807) is 17.0 Å². The minimum absolute atomic E-state index is 0.0671. The number of carbonyl (C=O) groups excluding carboxylic acids is 1. The van der Waals surface area contributed by atoms with Gasteiger partial charge in [-0.3, -0.25) is 4.79 Å². The molecular weight excluding hydrogens is 300 g/mol. The number of hydrogen-bond donors (Lipinski definition) is 1. The van der Waals surface area contributed by atoms with Crippen LogP contribution in [0.25, 0.3) is 0 Å². The third-order valence-corrected chi connectivity index (χ3v) is 4.98. The van der Waals surface area contributed by atoms with Crippen LogP contribution in [0.3, 0.4) is 0 Å². The number of nitrogens with one attached hydrogen (secondary N) is 1. The second-order valence-electron chi connectivity index (χ2n) is 5.70. The zero-order valence-electron chi connectivity index (χ0n) is 13.0. The van der Waals surface area contributed by atoms with Gasteiger partial charge in [0.15, 0.2) is 0 Å². The van der Waals surface area contributed by atoms with E-state index in [4.69, 9.17) is 0 Å². The highest BCUT2D eigenvalue weighted by molar-refractivity contribution is 7.89. The Bertz CT molecular complexity index is 661. The summed E-state index contributed by atoms with van der Waals surface area (Å²) in [7, 11) is -3.47. The van der Waals surface area contributed by atoms with Gasteiger partial charge in [0.05, 0.1) is 4.90 Å². The van der Waals surface area contributed by atoms with Gasteiger partial charge in [0.1, 0.15) is 0 Å². The van der Waals surface area contributed by atoms with Crippen molar-refractivity contribution in [3.05, 3.63) is 42.0 Å². The third-order valence-electron chi connectivity index (χ3n) is 3.44. The van der Waals surface area contributed by atoms with Gasteiger partial charge in [-0.1, -0.05) is 12.2 Å².